The fourth-order valence-electron chi connectivity index (χ4n) is 1.02. The second-order valence-corrected chi connectivity index (χ2v) is 3.73. The molecule has 4 heteroatoms. The molecule has 0 unspecified atom stereocenters. The average molecular weight is 211 g/mol. The van der Waals surface area contributed by atoms with E-state index in [-0.39, 0.29) is 18.1 Å². The SMILES string of the molecule is CC(C)COC(=O)c1cc(N)ccc1F. The van der Waals surface area contributed by atoms with Crippen molar-refractivity contribution >= 4 is 11.7 Å². The van der Waals surface area contributed by atoms with Gasteiger partial charge in [-0.2, -0.15) is 0 Å². The molecule has 0 atom stereocenters. The summed E-state index contributed by atoms with van der Waals surface area (Å²) < 4.78 is 18.1. The van der Waals surface area contributed by atoms with E-state index in [1.165, 1.54) is 12.1 Å². The number of carbonyl (C=O) groups excluding carboxylic acids is 1. The van der Waals surface area contributed by atoms with Crippen LogP contribution in [0.3, 0.4) is 0 Å². The van der Waals surface area contributed by atoms with Gasteiger partial charge in [-0.3, -0.25) is 0 Å². The van der Waals surface area contributed by atoms with Crippen LogP contribution >= 0.6 is 0 Å². The Morgan fingerprint density at radius 2 is 2.20 bits per heavy atom. The molecule has 15 heavy (non-hydrogen) atoms. The van der Waals surface area contributed by atoms with Crippen molar-refractivity contribution in [1.29, 1.82) is 0 Å². The van der Waals surface area contributed by atoms with Gasteiger partial charge in [-0.25, -0.2) is 9.18 Å². The van der Waals surface area contributed by atoms with Gasteiger partial charge in [0.25, 0.3) is 0 Å². The van der Waals surface area contributed by atoms with Crippen LogP contribution < -0.4 is 5.73 Å². The molecule has 0 bridgehead atoms. The van der Waals surface area contributed by atoms with Crippen molar-refractivity contribution in [3.05, 3.63) is 29.6 Å². The van der Waals surface area contributed by atoms with Crippen LogP contribution in [0.2, 0.25) is 0 Å². The van der Waals surface area contributed by atoms with E-state index in [2.05, 4.69) is 0 Å². The number of halogens is 1. The number of ether oxygens (including phenoxy) is 1. The molecular formula is C11H14FNO2. The third kappa shape index (κ3) is 3.23. The third-order valence-corrected chi connectivity index (χ3v) is 1.76. The molecule has 2 N–H and O–H groups in total. The zero-order valence-corrected chi connectivity index (χ0v) is 8.79. The minimum atomic E-state index is -0.673. The minimum Gasteiger partial charge on any atom is -0.462 e. The number of rotatable bonds is 3. The third-order valence-electron chi connectivity index (χ3n) is 1.76. The van der Waals surface area contributed by atoms with Crippen LogP contribution in [0, 0.1) is 11.7 Å². The molecule has 0 aliphatic rings. The first kappa shape index (κ1) is 11.5. The molecular weight excluding hydrogens is 197 g/mol. The van der Waals surface area contributed by atoms with Gasteiger partial charge in [-0.1, -0.05) is 13.8 Å². The molecule has 0 radical (unpaired) electrons. The maximum Gasteiger partial charge on any atom is 0.341 e. The van der Waals surface area contributed by atoms with Crippen molar-refractivity contribution in [1.82, 2.24) is 0 Å². The number of benzene rings is 1. The highest BCUT2D eigenvalue weighted by molar-refractivity contribution is 5.90. The normalized spacial score (nSPS) is 10.4. The Hall–Kier alpha value is -1.58. The smallest absolute Gasteiger partial charge is 0.341 e. The van der Waals surface area contributed by atoms with Crippen molar-refractivity contribution in [3.63, 3.8) is 0 Å². The summed E-state index contributed by atoms with van der Waals surface area (Å²) in [5, 5.41) is 0. The fraction of sp³-hybridized carbons (Fsp3) is 0.364. The topological polar surface area (TPSA) is 52.3 Å². The predicted octanol–water partition coefficient (Wildman–Crippen LogP) is 2.22. The molecule has 0 heterocycles. The van der Waals surface area contributed by atoms with Crippen LogP contribution in [0.25, 0.3) is 0 Å². The van der Waals surface area contributed by atoms with E-state index in [9.17, 15) is 9.18 Å². The maximum absolute atomic E-state index is 13.2. The lowest BCUT2D eigenvalue weighted by molar-refractivity contribution is 0.0453. The first-order chi connectivity index (χ1) is 7.00. The van der Waals surface area contributed by atoms with Crippen LogP contribution in [0.4, 0.5) is 10.1 Å². The second-order valence-electron chi connectivity index (χ2n) is 3.73. The van der Waals surface area contributed by atoms with Gasteiger partial charge in [0.2, 0.25) is 0 Å². The Balaban J connectivity index is 2.77. The van der Waals surface area contributed by atoms with Gasteiger partial charge in [0.1, 0.15) is 5.82 Å². The summed E-state index contributed by atoms with van der Waals surface area (Å²) in [6.07, 6.45) is 0. The minimum absolute atomic E-state index is 0.115. The molecule has 0 saturated heterocycles. The Bertz CT molecular complexity index is 364. The van der Waals surface area contributed by atoms with Gasteiger partial charge < -0.3 is 10.5 Å². The predicted molar refractivity (Wildman–Crippen MR) is 55.9 cm³/mol. The van der Waals surface area contributed by atoms with Gasteiger partial charge in [-0.05, 0) is 24.1 Å². The largest absolute Gasteiger partial charge is 0.462 e. The van der Waals surface area contributed by atoms with Crippen molar-refractivity contribution in [2.75, 3.05) is 12.3 Å². The highest BCUT2D eigenvalue weighted by Crippen LogP contribution is 2.13. The summed E-state index contributed by atoms with van der Waals surface area (Å²) in [4.78, 5) is 11.4. The molecule has 0 fully saturated rings. The summed E-state index contributed by atoms with van der Waals surface area (Å²) in [5.41, 5.74) is 5.67. The average Bonchev–Trinajstić information content (AvgIpc) is 2.18. The summed E-state index contributed by atoms with van der Waals surface area (Å²) in [7, 11) is 0. The van der Waals surface area contributed by atoms with E-state index in [1.54, 1.807) is 0 Å². The number of nitrogens with two attached hydrogens (primary N) is 1. The molecule has 0 amide bonds. The highest BCUT2D eigenvalue weighted by atomic mass is 19.1. The lowest BCUT2D eigenvalue weighted by Gasteiger charge is -2.08. The molecule has 0 aromatic heterocycles. The second kappa shape index (κ2) is 4.77. The number of hydrogen-bond donors (Lipinski definition) is 1. The number of esters is 1. The standard InChI is InChI=1S/C11H14FNO2/c1-7(2)6-15-11(14)9-5-8(13)3-4-10(9)12/h3-5,7H,6,13H2,1-2H3. The molecule has 0 aliphatic carbocycles. The molecule has 0 aliphatic heterocycles. The molecule has 3 nitrogen and oxygen atoms in total. The van der Waals surface area contributed by atoms with E-state index in [0.29, 0.717) is 5.69 Å². The van der Waals surface area contributed by atoms with Gasteiger partial charge in [0.05, 0.1) is 12.2 Å². The molecule has 1 rings (SSSR count). The summed E-state index contributed by atoms with van der Waals surface area (Å²) in [5.74, 6) is -1.07. The zero-order valence-electron chi connectivity index (χ0n) is 8.79. The van der Waals surface area contributed by atoms with Crippen LogP contribution in [0.5, 0.6) is 0 Å². The van der Waals surface area contributed by atoms with Crippen LogP contribution in [0.1, 0.15) is 24.2 Å². The Morgan fingerprint density at radius 3 is 2.80 bits per heavy atom. The van der Waals surface area contributed by atoms with Crippen LogP contribution in [0.15, 0.2) is 18.2 Å². The quantitative estimate of drug-likeness (QED) is 0.616. The summed E-state index contributed by atoms with van der Waals surface area (Å²) in [6.45, 7) is 4.08. The number of anilines is 1. The molecule has 1 aromatic rings. The number of carbonyl (C=O) groups is 1. The van der Waals surface area contributed by atoms with Gasteiger partial charge in [-0.15, -0.1) is 0 Å². The van der Waals surface area contributed by atoms with Crippen molar-refractivity contribution in [2.24, 2.45) is 5.92 Å². The number of nitrogen functional groups attached to an aromatic ring is 1. The van der Waals surface area contributed by atoms with Gasteiger partial charge in [0, 0.05) is 5.69 Å². The molecule has 82 valence electrons. The molecule has 0 saturated carbocycles. The van der Waals surface area contributed by atoms with Crippen molar-refractivity contribution < 1.29 is 13.9 Å². The van der Waals surface area contributed by atoms with E-state index in [1.807, 2.05) is 13.8 Å². The summed E-state index contributed by atoms with van der Waals surface area (Å²) >= 11 is 0. The number of hydrogen-bond acceptors (Lipinski definition) is 3. The fourth-order valence-corrected chi connectivity index (χ4v) is 1.02. The summed E-state index contributed by atoms with van der Waals surface area (Å²) in [6, 6.07) is 3.83. The van der Waals surface area contributed by atoms with E-state index < -0.39 is 11.8 Å². The zero-order chi connectivity index (χ0) is 11.4. The Kier molecular flexibility index (Phi) is 3.66. The molecule has 0 spiro atoms. The maximum atomic E-state index is 13.2. The first-order valence-corrected chi connectivity index (χ1v) is 4.73. The van der Waals surface area contributed by atoms with Crippen molar-refractivity contribution in [3.8, 4) is 0 Å². The van der Waals surface area contributed by atoms with Crippen LogP contribution in [-0.2, 0) is 4.74 Å². The van der Waals surface area contributed by atoms with Crippen LogP contribution in [-0.4, -0.2) is 12.6 Å². The Morgan fingerprint density at radius 1 is 1.53 bits per heavy atom. The lowest BCUT2D eigenvalue weighted by Crippen LogP contribution is -2.12. The van der Waals surface area contributed by atoms with E-state index in [0.717, 1.165) is 6.07 Å². The molecule has 1 aromatic carbocycles. The van der Waals surface area contributed by atoms with E-state index in [4.69, 9.17) is 10.5 Å². The monoisotopic (exact) mass is 211 g/mol. The van der Waals surface area contributed by atoms with Gasteiger partial charge >= 0.3 is 5.97 Å². The van der Waals surface area contributed by atoms with Gasteiger partial charge in [0.15, 0.2) is 0 Å². The highest BCUT2D eigenvalue weighted by Gasteiger charge is 2.13. The lowest BCUT2D eigenvalue weighted by atomic mass is 10.2. The van der Waals surface area contributed by atoms with E-state index >= 15 is 0 Å². The first-order valence-electron chi connectivity index (χ1n) is 4.73. The Labute approximate surface area is 88.0 Å². The van der Waals surface area contributed by atoms with Crippen molar-refractivity contribution in [2.45, 2.75) is 13.8 Å².